The molecule has 0 amide bonds. The Hall–Kier alpha value is -2.08. The molecule has 2 aliphatic rings. The van der Waals surface area contributed by atoms with E-state index in [-0.39, 0.29) is 18.1 Å². The molecule has 0 aliphatic carbocycles. The van der Waals surface area contributed by atoms with Crippen LogP contribution in [0.25, 0.3) is 0 Å². The normalized spacial score (nSPS) is 20.3. The summed E-state index contributed by atoms with van der Waals surface area (Å²) in [6.45, 7) is 6.81. The van der Waals surface area contributed by atoms with Crippen LogP contribution in [0.1, 0.15) is 0 Å². The van der Waals surface area contributed by atoms with Crippen molar-refractivity contribution in [3.8, 4) is 0 Å². The number of piperazine rings is 2. The third-order valence-electron chi connectivity index (χ3n) is 4.84. The first kappa shape index (κ1) is 18.7. The molecule has 2 aliphatic heterocycles. The van der Waals surface area contributed by atoms with E-state index >= 15 is 0 Å². The van der Waals surface area contributed by atoms with Gasteiger partial charge in [-0.25, -0.2) is 15.0 Å². The van der Waals surface area contributed by atoms with Crippen molar-refractivity contribution in [3.63, 3.8) is 0 Å². The number of hydrazine groups is 1. The minimum absolute atomic E-state index is 0.0814. The number of likely N-dealkylation sites (N-methyl/N-ethyl adjacent to an activating group) is 1. The molecule has 1 aromatic rings. The lowest BCUT2D eigenvalue weighted by molar-refractivity contribution is -0.383. The number of anilines is 2. The number of aliphatic hydroxyl groups is 1. The van der Waals surface area contributed by atoms with Crippen molar-refractivity contribution < 1.29 is 10.0 Å². The first-order chi connectivity index (χ1) is 12.6. The molecule has 0 radical (unpaired) electrons. The fourth-order valence-corrected chi connectivity index (χ4v) is 3.24. The van der Waals surface area contributed by atoms with Crippen LogP contribution in [0.15, 0.2) is 6.33 Å². The van der Waals surface area contributed by atoms with Crippen molar-refractivity contribution >= 4 is 17.3 Å². The lowest BCUT2D eigenvalue weighted by Gasteiger charge is -2.35. The summed E-state index contributed by atoms with van der Waals surface area (Å²) < 4.78 is 0. The molecule has 0 saturated carbocycles. The Bertz CT molecular complexity index is 615. The number of β-amino-alcohol motifs (C(OH)–C–C–N with tert-alkyl or cyclic N) is 1. The van der Waals surface area contributed by atoms with E-state index in [0.717, 1.165) is 39.3 Å². The van der Waals surface area contributed by atoms with Gasteiger partial charge in [0.1, 0.15) is 6.33 Å². The maximum atomic E-state index is 11.7. The zero-order valence-electron chi connectivity index (χ0n) is 15.0. The van der Waals surface area contributed by atoms with Crippen LogP contribution in [0.4, 0.5) is 17.3 Å². The Morgan fingerprint density at radius 2 is 1.85 bits per heavy atom. The first-order valence-electron chi connectivity index (χ1n) is 8.86. The molecule has 11 heteroatoms. The number of aliphatic hydroxyl groups excluding tert-OH is 1. The first-order valence-corrected chi connectivity index (χ1v) is 8.86. The van der Waals surface area contributed by atoms with Gasteiger partial charge in [0.15, 0.2) is 0 Å². The highest BCUT2D eigenvalue weighted by Gasteiger charge is 2.30. The van der Waals surface area contributed by atoms with Crippen molar-refractivity contribution in [2.45, 2.75) is 0 Å². The molecular formula is C15H26N8O3. The summed E-state index contributed by atoms with van der Waals surface area (Å²) in [5.74, 6) is 0.590. The van der Waals surface area contributed by atoms with Gasteiger partial charge in [0, 0.05) is 58.9 Å². The zero-order chi connectivity index (χ0) is 18.5. The smallest absolute Gasteiger partial charge is 0.354 e. The van der Waals surface area contributed by atoms with Gasteiger partial charge in [0.2, 0.25) is 11.6 Å². The van der Waals surface area contributed by atoms with Gasteiger partial charge in [0.05, 0.1) is 11.5 Å². The summed E-state index contributed by atoms with van der Waals surface area (Å²) >= 11 is 0. The largest absolute Gasteiger partial charge is 0.395 e. The number of nitro groups is 1. The van der Waals surface area contributed by atoms with Crippen LogP contribution < -0.4 is 10.3 Å². The lowest BCUT2D eigenvalue weighted by atomic mass is 10.3. The van der Waals surface area contributed by atoms with Gasteiger partial charge in [-0.05, 0) is 7.05 Å². The standard InChI is InChI=1S/C15H26N8O3/c1-19-2-8-22(9-3-19)18-14-13(23(25)26)15(17-12-16-14)21-6-4-20(5-7-21)10-11-24/h12,24H,2-11H2,1H3,(H,16,17,18). The number of nitrogens with zero attached hydrogens (tertiary/aromatic N) is 7. The van der Waals surface area contributed by atoms with E-state index in [4.69, 9.17) is 5.11 Å². The van der Waals surface area contributed by atoms with Crippen molar-refractivity contribution in [1.82, 2.24) is 24.8 Å². The Balaban J connectivity index is 1.75. The van der Waals surface area contributed by atoms with Crippen molar-refractivity contribution in [2.75, 3.05) is 82.9 Å². The summed E-state index contributed by atoms with van der Waals surface area (Å²) in [5.41, 5.74) is 3.02. The molecule has 144 valence electrons. The highest BCUT2D eigenvalue weighted by Crippen LogP contribution is 2.32. The van der Waals surface area contributed by atoms with Crippen LogP contribution in [-0.2, 0) is 0 Å². The quantitative estimate of drug-likeness (QED) is 0.483. The van der Waals surface area contributed by atoms with Crippen LogP contribution >= 0.6 is 0 Å². The number of hydrogen-bond acceptors (Lipinski definition) is 10. The maximum absolute atomic E-state index is 11.7. The maximum Gasteiger partial charge on any atom is 0.354 e. The predicted octanol–water partition coefficient (Wildman–Crippen LogP) is -0.927. The topological polar surface area (TPSA) is 114 Å². The van der Waals surface area contributed by atoms with Gasteiger partial charge in [-0.3, -0.25) is 20.4 Å². The fraction of sp³-hybridized carbons (Fsp3) is 0.733. The minimum Gasteiger partial charge on any atom is -0.395 e. The molecule has 3 rings (SSSR count). The molecule has 2 N–H and O–H groups in total. The van der Waals surface area contributed by atoms with E-state index in [9.17, 15) is 10.1 Å². The summed E-state index contributed by atoms with van der Waals surface area (Å²) in [6, 6.07) is 0. The average molecular weight is 366 g/mol. The zero-order valence-corrected chi connectivity index (χ0v) is 15.0. The SMILES string of the molecule is CN1CCN(Nc2ncnc(N3CCN(CCO)CC3)c2[N+](=O)[O-])CC1. The van der Waals surface area contributed by atoms with E-state index in [1.165, 1.54) is 6.33 Å². The summed E-state index contributed by atoms with van der Waals surface area (Å²) in [6.07, 6.45) is 1.38. The molecule has 0 bridgehead atoms. The Labute approximate surface area is 152 Å². The van der Waals surface area contributed by atoms with Crippen LogP contribution in [0, 0.1) is 10.1 Å². The molecule has 0 unspecified atom stereocenters. The van der Waals surface area contributed by atoms with Gasteiger partial charge < -0.3 is 14.9 Å². The van der Waals surface area contributed by atoms with Gasteiger partial charge in [-0.1, -0.05) is 0 Å². The molecule has 26 heavy (non-hydrogen) atoms. The Kier molecular flexibility index (Phi) is 6.14. The predicted molar refractivity (Wildman–Crippen MR) is 97.1 cm³/mol. The van der Waals surface area contributed by atoms with Crippen LogP contribution in [0.5, 0.6) is 0 Å². The third kappa shape index (κ3) is 4.36. The van der Waals surface area contributed by atoms with E-state index in [1.807, 2.05) is 9.91 Å². The van der Waals surface area contributed by atoms with Gasteiger partial charge in [-0.15, -0.1) is 0 Å². The van der Waals surface area contributed by atoms with Crippen molar-refractivity contribution in [1.29, 1.82) is 0 Å². The highest BCUT2D eigenvalue weighted by molar-refractivity contribution is 5.70. The van der Waals surface area contributed by atoms with Crippen molar-refractivity contribution in [3.05, 3.63) is 16.4 Å². The van der Waals surface area contributed by atoms with Gasteiger partial charge in [-0.2, -0.15) is 0 Å². The fourth-order valence-electron chi connectivity index (χ4n) is 3.24. The Morgan fingerprint density at radius 3 is 2.46 bits per heavy atom. The number of aromatic nitrogens is 2. The number of rotatable bonds is 6. The molecule has 0 spiro atoms. The molecule has 0 atom stereocenters. The molecule has 2 saturated heterocycles. The third-order valence-corrected chi connectivity index (χ3v) is 4.84. The second-order valence-electron chi connectivity index (χ2n) is 6.61. The highest BCUT2D eigenvalue weighted by atomic mass is 16.6. The van der Waals surface area contributed by atoms with E-state index in [2.05, 4.69) is 32.2 Å². The molecule has 2 fully saturated rings. The molecule has 11 nitrogen and oxygen atoms in total. The van der Waals surface area contributed by atoms with Crippen LogP contribution in [0.2, 0.25) is 0 Å². The second kappa shape index (κ2) is 8.54. The van der Waals surface area contributed by atoms with Crippen LogP contribution in [0.3, 0.4) is 0 Å². The average Bonchev–Trinajstić information content (AvgIpc) is 2.64. The summed E-state index contributed by atoms with van der Waals surface area (Å²) in [7, 11) is 2.05. The van der Waals surface area contributed by atoms with Crippen LogP contribution in [-0.4, -0.2) is 107 Å². The monoisotopic (exact) mass is 366 g/mol. The second-order valence-corrected chi connectivity index (χ2v) is 6.61. The molecular weight excluding hydrogens is 340 g/mol. The summed E-state index contributed by atoms with van der Waals surface area (Å²) in [4.78, 5) is 25.9. The minimum atomic E-state index is -0.409. The number of nitrogens with one attached hydrogen (secondary N) is 1. The molecule has 0 aromatic carbocycles. The number of hydrogen-bond donors (Lipinski definition) is 2. The lowest BCUT2D eigenvalue weighted by Crippen LogP contribution is -2.48. The molecule has 1 aromatic heterocycles. The van der Waals surface area contributed by atoms with Crippen molar-refractivity contribution in [2.24, 2.45) is 0 Å². The van der Waals surface area contributed by atoms with Gasteiger partial charge in [0.25, 0.3) is 0 Å². The molecule has 3 heterocycles. The van der Waals surface area contributed by atoms with E-state index in [1.54, 1.807) is 0 Å². The Morgan fingerprint density at radius 1 is 1.15 bits per heavy atom. The van der Waals surface area contributed by atoms with E-state index < -0.39 is 4.92 Å². The van der Waals surface area contributed by atoms with E-state index in [0.29, 0.717) is 25.5 Å². The van der Waals surface area contributed by atoms with Gasteiger partial charge >= 0.3 is 5.69 Å². The summed E-state index contributed by atoms with van der Waals surface area (Å²) in [5, 5.41) is 22.7.